The molecular formula is C14H12ClNO5. The molecule has 0 radical (unpaired) electrons. The molecule has 7 heteroatoms. The summed E-state index contributed by atoms with van der Waals surface area (Å²) >= 11 is 5.56. The van der Waals surface area contributed by atoms with E-state index in [0.717, 1.165) is 0 Å². The molecule has 0 fully saturated rings. The molecule has 110 valence electrons. The van der Waals surface area contributed by atoms with Crippen LogP contribution in [0.25, 0.3) is 0 Å². The standard InChI is InChI=1S/C14H12ClNO5/c15-12-6-5-11(21-12)13(18)16-10(14(19)20)7-8-1-3-9(17)4-2-8/h1-6,10,17H,7H2,(H,16,18)(H,19,20)/t10-/m1/s1. The van der Waals surface area contributed by atoms with Gasteiger partial charge < -0.3 is 19.9 Å². The SMILES string of the molecule is O=C(N[C@H](Cc1ccc(O)cc1)C(=O)O)c1ccc(Cl)o1. The summed E-state index contributed by atoms with van der Waals surface area (Å²) in [6, 6.07) is 7.70. The molecule has 0 saturated carbocycles. The summed E-state index contributed by atoms with van der Waals surface area (Å²) in [7, 11) is 0. The number of hydrogen-bond acceptors (Lipinski definition) is 4. The molecular weight excluding hydrogens is 298 g/mol. The Hall–Kier alpha value is -2.47. The molecule has 0 saturated heterocycles. The Labute approximate surface area is 125 Å². The van der Waals surface area contributed by atoms with Gasteiger partial charge in [0.1, 0.15) is 11.8 Å². The van der Waals surface area contributed by atoms with Crippen molar-refractivity contribution in [2.75, 3.05) is 0 Å². The molecule has 0 bridgehead atoms. The number of phenolic OH excluding ortho intramolecular Hbond substituents is 1. The fourth-order valence-corrected chi connectivity index (χ4v) is 1.88. The Balaban J connectivity index is 2.07. The summed E-state index contributed by atoms with van der Waals surface area (Å²) in [6.07, 6.45) is 0.0792. The van der Waals surface area contributed by atoms with Gasteiger partial charge in [-0.1, -0.05) is 12.1 Å². The highest BCUT2D eigenvalue weighted by Crippen LogP contribution is 2.14. The summed E-state index contributed by atoms with van der Waals surface area (Å²) in [5.41, 5.74) is 0.665. The summed E-state index contributed by atoms with van der Waals surface area (Å²) in [5.74, 6) is -1.81. The van der Waals surface area contributed by atoms with E-state index in [1.54, 1.807) is 12.1 Å². The van der Waals surface area contributed by atoms with Gasteiger partial charge in [-0.2, -0.15) is 0 Å². The molecule has 1 amide bonds. The van der Waals surface area contributed by atoms with E-state index in [4.69, 9.17) is 21.1 Å². The zero-order valence-electron chi connectivity index (χ0n) is 10.7. The third-order valence-corrected chi connectivity index (χ3v) is 2.98. The summed E-state index contributed by atoms with van der Waals surface area (Å²) < 4.78 is 4.92. The second-order valence-electron chi connectivity index (χ2n) is 4.34. The lowest BCUT2D eigenvalue weighted by Crippen LogP contribution is -2.42. The quantitative estimate of drug-likeness (QED) is 0.785. The molecule has 1 heterocycles. The summed E-state index contributed by atoms with van der Waals surface area (Å²) in [6.45, 7) is 0. The van der Waals surface area contributed by atoms with E-state index in [1.807, 2.05) is 0 Å². The number of carbonyl (C=O) groups excluding carboxylic acids is 1. The van der Waals surface area contributed by atoms with E-state index < -0.39 is 17.9 Å². The van der Waals surface area contributed by atoms with E-state index in [-0.39, 0.29) is 23.2 Å². The van der Waals surface area contributed by atoms with Crippen LogP contribution >= 0.6 is 11.6 Å². The molecule has 1 aromatic carbocycles. The normalized spacial score (nSPS) is 11.9. The van der Waals surface area contributed by atoms with Crippen LogP contribution in [0.1, 0.15) is 16.1 Å². The number of benzene rings is 1. The number of carbonyl (C=O) groups is 2. The van der Waals surface area contributed by atoms with E-state index in [0.29, 0.717) is 5.56 Å². The van der Waals surface area contributed by atoms with Gasteiger partial charge in [0.05, 0.1) is 0 Å². The van der Waals surface area contributed by atoms with Crippen LogP contribution in [-0.2, 0) is 11.2 Å². The van der Waals surface area contributed by atoms with Gasteiger partial charge in [-0.15, -0.1) is 0 Å². The highest BCUT2D eigenvalue weighted by Gasteiger charge is 2.22. The van der Waals surface area contributed by atoms with E-state index in [1.165, 1.54) is 24.3 Å². The van der Waals surface area contributed by atoms with Gasteiger partial charge in [-0.3, -0.25) is 4.79 Å². The molecule has 3 N–H and O–H groups in total. The minimum Gasteiger partial charge on any atom is -0.508 e. The number of carboxylic acid groups (broad SMARTS) is 1. The van der Waals surface area contributed by atoms with Gasteiger partial charge in [-0.05, 0) is 41.4 Å². The first-order chi connectivity index (χ1) is 9.95. The number of carboxylic acids is 1. The number of aliphatic carboxylic acids is 1. The van der Waals surface area contributed by atoms with Gasteiger partial charge in [0, 0.05) is 6.42 Å². The Bertz CT molecular complexity index is 650. The minimum atomic E-state index is -1.17. The zero-order chi connectivity index (χ0) is 15.4. The number of hydrogen-bond donors (Lipinski definition) is 3. The average molecular weight is 310 g/mol. The van der Waals surface area contributed by atoms with Gasteiger partial charge in [-0.25, -0.2) is 4.79 Å². The van der Waals surface area contributed by atoms with Crippen molar-refractivity contribution in [3.63, 3.8) is 0 Å². The average Bonchev–Trinajstić information content (AvgIpc) is 2.87. The highest BCUT2D eigenvalue weighted by atomic mass is 35.5. The van der Waals surface area contributed by atoms with Crippen molar-refractivity contribution in [3.05, 3.63) is 52.9 Å². The fourth-order valence-electron chi connectivity index (χ4n) is 1.73. The van der Waals surface area contributed by atoms with Crippen LogP contribution in [0.2, 0.25) is 5.22 Å². The number of furan rings is 1. The molecule has 0 spiro atoms. The van der Waals surface area contributed by atoms with Crippen LogP contribution < -0.4 is 5.32 Å². The largest absolute Gasteiger partial charge is 0.508 e. The second kappa shape index (κ2) is 6.32. The van der Waals surface area contributed by atoms with E-state index in [9.17, 15) is 14.7 Å². The van der Waals surface area contributed by atoms with Crippen LogP contribution in [0.3, 0.4) is 0 Å². The summed E-state index contributed by atoms with van der Waals surface area (Å²) in [5, 5.41) is 20.8. The van der Waals surface area contributed by atoms with Crippen molar-refractivity contribution in [2.45, 2.75) is 12.5 Å². The number of phenols is 1. The topological polar surface area (TPSA) is 99.8 Å². The molecule has 21 heavy (non-hydrogen) atoms. The van der Waals surface area contributed by atoms with Crippen LogP contribution in [0, 0.1) is 0 Å². The predicted octanol–water partition coefficient (Wildman–Crippen LogP) is 2.06. The predicted molar refractivity (Wildman–Crippen MR) is 74.4 cm³/mol. The van der Waals surface area contributed by atoms with Gasteiger partial charge in [0.2, 0.25) is 0 Å². The lowest BCUT2D eigenvalue weighted by atomic mass is 10.1. The first-order valence-electron chi connectivity index (χ1n) is 6.02. The van der Waals surface area contributed by atoms with Crippen molar-refractivity contribution in [1.82, 2.24) is 5.32 Å². The minimum absolute atomic E-state index is 0.0468. The first kappa shape index (κ1) is 14.9. The molecule has 0 aliphatic carbocycles. The monoisotopic (exact) mass is 309 g/mol. The van der Waals surface area contributed by atoms with Crippen LogP contribution in [0.4, 0.5) is 0 Å². The number of rotatable bonds is 5. The number of nitrogens with one attached hydrogen (secondary N) is 1. The lowest BCUT2D eigenvalue weighted by Gasteiger charge is -2.13. The zero-order valence-corrected chi connectivity index (χ0v) is 11.5. The van der Waals surface area contributed by atoms with Crippen molar-refractivity contribution in [2.24, 2.45) is 0 Å². The van der Waals surface area contributed by atoms with Gasteiger partial charge in [0.25, 0.3) is 5.91 Å². The first-order valence-corrected chi connectivity index (χ1v) is 6.40. The Morgan fingerprint density at radius 1 is 1.19 bits per heavy atom. The van der Waals surface area contributed by atoms with Crippen molar-refractivity contribution in [3.8, 4) is 5.75 Å². The highest BCUT2D eigenvalue weighted by molar-refractivity contribution is 6.29. The van der Waals surface area contributed by atoms with E-state index >= 15 is 0 Å². The maximum atomic E-state index is 11.9. The van der Waals surface area contributed by atoms with Crippen molar-refractivity contribution in [1.29, 1.82) is 0 Å². The van der Waals surface area contributed by atoms with Crippen LogP contribution in [0.15, 0.2) is 40.8 Å². The maximum Gasteiger partial charge on any atom is 0.326 e. The second-order valence-corrected chi connectivity index (χ2v) is 4.71. The Morgan fingerprint density at radius 2 is 1.86 bits per heavy atom. The number of halogens is 1. The third kappa shape index (κ3) is 4.00. The van der Waals surface area contributed by atoms with Crippen LogP contribution in [-0.4, -0.2) is 28.1 Å². The lowest BCUT2D eigenvalue weighted by molar-refractivity contribution is -0.139. The smallest absolute Gasteiger partial charge is 0.326 e. The fraction of sp³-hybridized carbons (Fsp3) is 0.143. The van der Waals surface area contributed by atoms with Gasteiger partial charge >= 0.3 is 5.97 Å². The molecule has 0 unspecified atom stereocenters. The van der Waals surface area contributed by atoms with Crippen molar-refractivity contribution < 1.29 is 24.2 Å². The van der Waals surface area contributed by atoms with Crippen LogP contribution in [0.5, 0.6) is 5.75 Å². The van der Waals surface area contributed by atoms with Gasteiger partial charge in [0.15, 0.2) is 11.0 Å². The Morgan fingerprint density at radius 3 is 2.38 bits per heavy atom. The Kier molecular flexibility index (Phi) is 4.49. The molecule has 1 atom stereocenters. The number of aromatic hydroxyl groups is 1. The molecule has 1 aromatic heterocycles. The molecule has 0 aliphatic heterocycles. The van der Waals surface area contributed by atoms with E-state index in [2.05, 4.69) is 5.32 Å². The maximum absolute atomic E-state index is 11.9. The molecule has 6 nitrogen and oxygen atoms in total. The molecule has 2 aromatic rings. The molecule has 0 aliphatic rings. The van der Waals surface area contributed by atoms with Crippen molar-refractivity contribution >= 4 is 23.5 Å². The number of amides is 1. The molecule has 2 rings (SSSR count). The third-order valence-electron chi connectivity index (χ3n) is 2.78. The summed E-state index contributed by atoms with van der Waals surface area (Å²) in [4.78, 5) is 23.1.